The van der Waals surface area contributed by atoms with Gasteiger partial charge in [-0.25, -0.2) is 4.39 Å². The maximum Gasteiger partial charge on any atom is 0.173 e. The van der Waals surface area contributed by atoms with Crippen LogP contribution in [0.1, 0.15) is 18.4 Å². The quantitative estimate of drug-likeness (QED) is 0.743. The van der Waals surface area contributed by atoms with E-state index in [9.17, 15) is 4.39 Å². The molecule has 1 aliphatic heterocycles. The molecule has 25 heavy (non-hydrogen) atoms. The molecular weight excluding hydrogens is 386 g/mol. The van der Waals surface area contributed by atoms with Gasteiger partial charge in [-0.15, -0.1) is 0 Å². The summed E-state index contributed by atoms with van der Waals surface area (Å²) in [5.74, 6) is 0.0151. The van der Waals surface area contributed by atoms with E-state index in [-0.39, 0.29) is 18.5 Å². The molecule has 1 aromatic heterocycles. The molecule has 0 radical (unpaired) electrons. The van der Waals surface area contributed by atoms with Gasteiger partial charge in [0.1, 0.15) is 10.8 Å². The van der Waals surface area contributed by atoms with Crippen LogP contribution in [0.5, 0.6) is 0 Å². The van der Waals surface area contributed by atoms with Crippen LogP contribution in [-0.4, -0.2) is 34.1 Å². The molecule has 0 saturated carbocycles. The van der Waals surface area contributed by atoms with Gasteiger partial charge in [-0.2, -0.15) is 5.10 Å². The third-order valence-corrected chi connectivity index (χ3v) is 4.72. The van der Waals surface area contributed by atoms with Gasteiger partial charge in [0.2, 0.25) is 0 Å². The van der Waals surface area contributed by atoms with Gasteiger partial charge in [-0.1, -0.05) is 29.3 Å². The average Bonchev–Trinajstić information content (AvgIpc) is 3.20. The van der Waals surface area contributed by atoms with Crippen LogP contribution in [0, 0.1) is 5.82 Å². The van der Waals surface area contributed by atoms with Gasteiger partial charge in [0.15, 0.2) is 10.9 Å². The second kappa shape index (κ2) is 8.31. The van der Waals surface area contributed by atoms with Crippen molar-refractivity contribution in [2.75, 3.05) is 18.5 Å². The summed E-state index contributed by atoms with van der Waals surface area (Å²) in [5.41, 5.74) is 0.356. The van der Waals surface area contributed by atoms with Crippen molar-refractivity contribution in [2.45, 2.75) is 25.5 Å². The number of hydrogen-bond donors (Lipinski definition) is 2. The Bertz CT molecular complexity index is 744. The summed E-state index contributed by atoms with van der Waals surface area (Å²) in [5, 5.41) is 11.5. The first kappa shape index (κ1) is 18.4. The third kappa shape index (κ3) is 4.82. The number of anilines is 1. The summed E-state index contributed by atoms with van der Waals surface area (Å²) in [6.07, 6.45) is 3.86. The van der Waals surface area contributed by atoms with Crippen molar-refractivity contribution >= 4 is 46.4 Å². The first-order valence-corrected chi connectivity index (χ1v) is 9.01. The molecule has 0 amide bonds. The zero-order valence-corrected chi connectivity index (χ0v) is 15.6. The number of thiocarbonyl (C=S) groups is 1. The number of nitrogens with one attached hydrogen (secondary N) is 2. The average molecular weight is 403 g/mol. The molecular formula is C16H17Cl2FN4OS. The van der Waals surface area contributed by atoms with Crippen molar-refractivity contribution in [1.29, 1.82) is 0 Å². The van der Waals surface area contributed by atoms with Gasteiger partial charge >= 0.3 is 0 Å². The lowest BCUT2D eigenvalue weighted by Crippen LogP contribution is -2.35. The summed E-state index contributed by atoms with van der Waals surface area (Å²) in [4.78, 5) is 0. The van der Waals surface area contributed by atoms with E-state index in [0.29, 0.717) is 33.1 Å². The molecule has 2 N–H and O–H groups in total. The predicted molar refractivity (Wildman–Crippen MR) is 101 cm³/mol. The molecule has 0 aliphatic carbocycles. The molecule has 0 bridgehead atoms. The summed E-state index contributed by atoms with van der Waals surface area (Å²) in [6, 6.07) is 4.55. The highest BCUT2D eigenvalue weighted by atomic mass is 35.5. The van der Waals surface area contributed by atoms with Crippen molar-refractivity contribution in [3.63, 3.8) is 0 Å². The molecule has 134 valence electrons. The SMILES string of the molecule is Fc1cccc(Cl)c1Cn1cc(Cl)c(NC(=S)NC[C@@H]2CCCO2)n1. The number of halogens is 3. The van der Waals surface area contributed by atoms with Crippen LogP contribution < -0.4 is 10.6 Å². The molecule has 1 aromatic carbocycles. The molecule has 0 spiro atoms. The molecule has 5 nitrogen and oxygen atoms in total. The number of aromatic nitrogens is 2. The Labute approximate surface area is 160 Å². The van der Waals surface area contributed by atoms with Gasteiger partial charge in [0, 0.05) is 29.9 Å². The van der Waals surface area contributed by atoms with E-state index in [1.54, 1.807) is 18.3 Å². The van der Waals surface area contributed by atoms with Crippen LogP contribution in [0.2, 0.25) is 10.0 Å². The number of hydrogen-bond acceptors (Lipinski definition) is 3. The van der Waals surface area contributed by atoms with E-state index in [1.165, 1.54) is 10.7 Å². The molecule has 2 aromatic rings. The fourth-order valence-corrected chi connectivity index (χ4v) is 3.17. The number of ether oxygens (including phenoxy) is 1. The second-order valence-electron chi connectivity index (χ2n) is 5.69. The number of nitrogens with zero attached hydrogens (tertiary/aromatic N) is 2. The summed E-state index contributed by atoms with van der Waals surface area (Å²) in [7, 11) is 0. The monoisotopic (exact) mass is 402 g/mol. The Morgan fingerprint density at radius 1 is 1.40 bits per heavy atom. The lowest BCUT2D eigenvalue weighted by Gasteiger charge is -2.13. The van der Waals surface area contributed by atoms with Crippen LogP contribution in [0.15, 0.2) is 24.4 Å². The molecule has 3 rings (SSSR count). The fourth-order valence-electron chi connectivity index (χ4n) is 2.57. The van der Waals surface area contributed by atoms with Crippen LogP contribution in [0.3, 0.4) is 0 Å². The van der Waals surface area contributed by atoms with Gasteiger partial charge in [-0.3, -0.25) is 4.68 Å². The molecule has 2 heterocycles. The van der Waals surface area contributed by atoms with Crippen molar-refractivity contribution in [1.82, 2.24) is 15.1 Å². The first-order chi connectivity index (χ1) is 12.0. The van der Waals surface area contributed by atoms with Gasteiger partial charge in [0.05, 0.1) is 12.6 Å². The molecule has 9 heteroatoms. The van der Waals surface area contributed by atoms with E-state index in [2.05, 4.69) is 15.7 Å². The largest absolute Gasteiger partial charge is 0.376 e. The summed E-state index contributed by atoms with van der Waals surface area (Å²) in [6.45, 7) is 1.60. The smallest absolute Gasteiger partial charge is 0.173 e. The van der Waals surface area contributed by atoms with E-state index >= 15 is 0 Å². The van der Waals surface area contributed by atoms with Crippen molar-refractivity contribution < 1.29 is 9.13 Å². The van der Waals surface area contributed by atoms with E-state index in [0.717, 1.165) is 19.4 Å². The normalized spacial score (nSPS) is 16.8. The van der Waals surface area contributed by atoms with Gasteiger partial charge in [0.25, 0.3) is 0 Å². The predicted octanol–water partition coefficient (Wildman–Crippen LogP) is 3.84. The highest BCUT2D eigenvalue weighted by Gasteiger charge is 2.16. The minimum Gasteiger partial charge on any atom is -0.376 e. The van der Waals surface area contributed by atoms with Crippen LogP contribution in [-0.2, 0) is 11.3 Å². The molecule has 1 aliphatic rings. The minimum absolute atomic E-state index is 0.170. The van der Waals surface area contributed by atoms with Crippen LogP contribution in [0.4, 0.5) is 10.2 Å². The zero-order chi connectivity index (χ0) is 17.8. The van der Waals surface area contributed by atoms with E-state index in [4.69, 9.17) is 40.2 Å². The molecule has 1 fully saturated rings. The Kier molecular flexibility index (Phi) is 6.11. The highest BCUT2D eigenvalue weighted by molar-refractivity contribution is 7.80. The lowest BCUT2D eigenvalue weighted by atomic mass is 10.2. The second-order valence-corrected chi connectivity index (χ2v) is 6.92. The van der Waals surface area contributed by atoms with E-state index < -0.39 is 0 Å². The van der Waals surface area contributed by atoms with Crippen molar-refractivity contribution in [2.24, 2.45) is 0 Å². The molecule has 0 unspecified atom stereocenters. The van der Waals surface area contributed by atoms with Gasteiger partial charge in [-0.05, 0) is 37.2 Å². The van der Waals surface area contributed by atoms with Gasteiger partial charge < -0.3 is 15.4 Å². The Morgan fingerprint density at radius 2 is 2.24 bits per heavy atom. The maximum absolute atomic E-state index is 13.9. The highest BCUT2D eigenvalue weighted by Crippen LogP contribution is 2.23. The number of benzene rings is 1. The number of rotatable bonds is 5. The van der Waals surface area contributed by atoms with Crippen LogP contribution >= 0.6 is 35.4 Å². The minimum atomic E-state index is -0.387. The molecule has 1 atom stereocenters. The van der Waals surface area contributed by atoms with Crippen molar-refractivity contribution in [3.8, 4) is 0 Å². The third-order valence-electron chi connectivity index (χ3n) is 3.85. The molecule has 1 saturated heterocycles. The standard InChI is InChI=1S/C16H17Cl2FN4OS/c17-12-4-1-5-14(19)11(12)8-23-9-13(18)15(22-23)21-16(25)20-7-10-3-2-6-24-10/h1,4-5,9-10H,2-3,6-8H2,(H2,20,21,22,25)/t10-/m0/s1. The fraction of sp³-hybridized carbons (Fsp3) is 0.375. The van der Waals surface area contributed by atoms with Crippen molar-refractivity contribution in [3.05, 3.63) is 45.8 Å². The zero-order valence-electron chi connectivity index (χ0n) is 13.3. The Hall–Kier alpha value is -1.41. The lowest BCUT2D eigenvalue weighted by molar-refractivity contribution is 0.114. The summed E-state index contributed by atoms with van der Waals surface area (Å²) >= 11 is 17.5. The Morgan fingerprint density at radius 3 is 2.96 bits per heavy atom. The summed E-state index contributed by atoms with van der Waals surface area (Å²) < 4.78 is 20.9. The van der Waals surface area contributed by atoms with Crippen LogP contribution in [0.25, 0.3) is 0 Å². The maximum atomic E-state index is 13.9. The topological polar surface area (TPSA) is 51.1 Å². The first-order valence-electron chi connectivity index (χ1n) is 7.85. The Balaban J connectivity index is 1.61. The van der Waals surface area contributed by atoms with E-state index in [1.807, 2.05) is 0 Å².